The highest BCUT2D eigenvalue weighted by Gasteiger charge is 2.31. The maximum Gasteiger partial charge on any atom is 0.417 e. The summed E-state index contributed by atoms with van der Waals surface area (Å²) in [5, 5.41) is 8.91. The molecule has 0 N–H and O–H groups in total. The Morgan fingerprint density at radius 1 is 1.27 bits per heavy atom. The largest absolute Gasteiger partial charge is 0.436 e. The van der Waals surface area contributed by atoms with Gasteiger partial charge in [0, 0.05) is 25.1 Å². The summed E-state index contributed by atoms with van der Waals surface area (Å²) in [6, 6.07) is 7.59. The fraction of sp³-hybridized carbons (Fsp3) is 0.118. The maximum atomic E-state index is 12.7. The van der Waals surface area contributed by atoms with Crippen molar-refractivity contribution in [2.24, 2.45) is 0 Å². The van der Waals surface area contributed by atoms with Gasteiger partial charge in [-0.25, -0.2) is 9.97 Å². The van der Waals surface area contributed by atoms with Gasteiger partial charge < -0.3 is 9.30 Å². The minimum Gasteiger partial charge on any atom is -0.436 e. The van der Waals surface area contributed by atoms with Gasteiger partial charge in [-0.2, -0.15) is 18.4 Å². The Kier molecular flexibility index (Phi) is 4.82. The molecule has 0 atom stereocenters. The number of alkyl halides is 3. The molecule has 3 aromatic rings. The predicted molar refractivity (Wildman–Crippen MR) is 86.8 cm³/mol. The van der Waals surface area contributed by atoms with Gasteiger partial charge >= 0.3 is 6.18 Å². The molecule has 0 radical (unpaired) electrons. The number of aromatic nitrogens is 3. The molecule has 0 saturated heterocycles. The van der Waals surface area contributed by atoms with Gasteiger partial charge in [0.1, 0.15) is 16.8 Å². The first-order chi connectivity index (χ1) is 12.4. The molecule has 132 valence electrons. The van der Waals surface area contributed by atoms with Crippen LogP contribution in [0.1, 0.15) is 16.7 Å². The van der Waals surface area contributed by atoms with Crippen molar-refractivity contribution in [3.8, 4) is 17.7 Å². The second-order valence-corrected chi connectivity index (χ2v) is 5.70. The Bertz CT molecular complexity index is 965. The van der Waals surface area contributed by atoms with Gasteiger partial charge in [0.25, 0.3) is 0 Å². The molecule has 0 spiro atoms. The molecule has 1 aromatic carbocycles. The molecule has 0 fully saturated rings. The van der Waals surface area contributed by atoms with E-state index in [1.807, 2.05) is 10.6 Å². The Labute approximate surface area is 151 Å². The molecule has 0 bridgehead atoms. The van der Waals surface area contributed by atoms with Gasteiger partial charge in [0.15, 0.2) is 0 Å². The van der Waals surface area contributed by atoms with Crippen LogP contribution in [-0.2, 0) is 12.7 Å². The van der Waals surface area contributed by atoms with Crippen LogP contribution in [-0.4, -0.2) is 14.5 Å². The van der Waals surface area contributed by atoms with Crippen LogP contribution in [0.2, 0.25) is 5.02 Å². The summed E-state index contributed by atoms with van der Waals surface area (Å²) in [5.41, 5.74) is 0.0291. The Morgan fingerprint density at radius 3 is 2.69 bits per heavy atom. The third-order valence-electron chi connectivity index (χ3n) is 3.43. The number of halogens is 4. The van der Waals surface area contributed by atoms with Gasteiger partial charge in [-0.05, 0) is 23.8 Å². The number of hydrogen-bond donors (Lipinski definition) is 0. The molecule has 0 aliphatic heterocycles. The third kappa shape index (κ3) is 3.95. The Hall–Kier alpha value is -3.05. The minimum absolute atomic E-state index is 0.152. The smallest absolute Gasteiger partial charge is 0.417 e. The van der Waals surface area contributed by atoms with Crippen molar-refractivity contribution >= 4 is 11.6 Å². The van der Waals surface area contributed by atoms with Crippen molar-refractivity contribution in [2.45, 2.75) is 12.7 Å². The molecular weight excluding hydrogens is 369 g/mol. The van der Waals surface area contributed by atoms with E-state index in [-0.39, 0.29) is 22.2 Å². The van der Waals surface area contributed by atoms with Gasteiger partial charge in [-0.1, -0.05) is 17.7 Å². The summed E-state index contributed by atoms with van der Waals surface area (Å²) in [6.45, 7) is 0.482. The van der Waals surface area contributed by atoms with E-state index in [2.05, 4.69) is 9.97 Å². The molecule has 0 aliphatic carbocycles. The van der Waals surface area contributed by atoms with Crippen LogP contribution in [0, 0.1) is 11.3 Å². The molecule has 26 heavy (non-hydrogen) atoms. The minimum atomic E-state index is -4.56. The number of benzene rings is 1. The fourth-order valence-electron chi connectivity index (χ4n) is 2.19. The Balaban J connectivity index is 1.90. The van der Waals surface area contributed by atoms with E-state index in [1.165, 1.54) is 0 Å². The molecular formula is C17H10ClF3N4O. The van der Waals surface area contributed by atoms with Gasteiger partial charge in [-0.3, -0.25) is 0 Å². The van der Waals surface area contributed by atoms with E-state index < -0.39 is 11.7 Å². The number of nitriles is 1. The average molecular weight is 379 g/mol. The summed E-state index contributed by atoms with van der Waals surface area (Å²) in [4.78, 5) is 7.56. The van der Waals surface area contributed by atoms with E-state index in [0.29, 0.717) is 12.7 Å². The summed E-state index contributed by atoms with van der Waals surface area (Å²) in [5.74, 6) is -0.0600. The van der Waals surface area contributed by atoms with E-state index in [4.69, 9.17) is 16.3 Å². The number of pyridine rings is 1. The van der Waals surface area contributed by atoms with Crippen LogP contribution in [0.4, 0.5) is 13.2 Å². The van der Waals surface area contributed by atoms with Crippen LogP contribution in [0.3, 0.4) is 0 Å². The highest BCUT2D eigenvalue weighted by atomic mass is 35.5. The lowest BCUT2D eigenvalue weighted by atomic mass is 10.1. The average Bonchev–Trinajstić information content (AvgIpc) is 3.09. The number of ether oxygens (including phenoxy) is 1. The summed E-state index contributed by atoms with van der Waals surface area (Å²) >= 11 is 5.85. The zero-order chi connectivity index (χ0) is 18.7. The quantitative estimate of drug-likeness (QED) is 0.662. The summed E-state index contributed by atoms with van der Waals surface area (Å²) in [7, 11) is 0. The normalized spacial score (nSPS) is 11.2. The molecule has 2 heterocycles. The van der Waals surface area contributed by atoms with Crippen LogP contribution in [0.5, 0.6) is 11.6 Å². The first-order valence-electron chi connectivity index (χ1n) is 7.26. The molecule has 0 amide bonds. The molecule has 3 rings (SSSR count). The van der Waals surface area contributed by atoms with Crippen molar-refractivity contribution in [3.63, 3.8) is 0 Å². The lowest BCUT2D eigenvalue weighted by Crippen LogP contribution is -2.06. The summed E-state index contributed by atoms with van der Waals surface area (Å²) in [6.07, 6.45) is 1.10. The number of imidazole rings is 1. The van der Waals surface area contributed by atoms with Crippen molar-refractivity contribution in [3.05, 3.63) is 70.9 Å². The van der Waals surface area contributed by atoms with Gasteiger partial charge in [0.2, 0.25) is 5.88 Å². The van der Waals surface area contributed by atoms with E-state index in [0.717, 1.165) is 11.6 Å². The topological polar surface area (TPSA) is 63.7 Å². The van der Waals surface area contributed by atoms with Gasteiger partial charge in [0.05, 0.1) is 17.5 Å². The van der Waals surface area contributed by atoms with E-state index in [9.17, 15) is 18.4 Å². The lowest BCUT2D eigenvalue weighted by molar-refractivity contribution is -0.137. The molecule has 9 heteroatoms. The molecule has 0 unspecified atom stereocenters. The van der Waals surface area contributed by atoms with E-state index >= 15 is 0 Å². The lowest BCUT2D eigenvalue weighted by Gasteiger charge is -2.12. The van der Waals surface area contributed by atoms with Crippen LogP contribution in [0.25, 0.3) is 0 Å². The van der Waals surface area contributed by atoms with E-state index in [1.54, 1.807) is 36.9 Å². The molecule has 0 saturated carbocycles. The number of rotatable bonds is 4. The molecule has 0 aliphatic rings. The first-order valence-corrected chi connectivity index (χ1v) is 7.64. The van der Waals surface area contributed by atoms with Crippen molar-refractivity contribution < 1.29 is 17.9 Å². The van der Waals surface area contributed by atoms with Crippen molar-refractivity contribution in [1.29, 1.82) is 5.26 Å². The predicted octanol–water partition coefficient (Wildman–Crippen LogP) is 4.66. The standard InChI is InChI=1S/C17H10ClF3N4O/c18-14-6-13(17(19,20)21)8-24-16(14)26-15-5-11(1-2-12(15)7-22)9-25-4-3-23-10-25/h1-6,8,10H,9H2. The van der Waals surface area contributed by atoms with Crippen molar-refractivity contribution in [2.75, 3.05) is 0 Å². The first kappa shape index (κ1) is 17.8. The molecule has 2 aromatic heterocycles. The number of hydrogen-bond acceptors (Lipinski definition) is 4. The van der Waals surface area contributed by atoms with Crippen LogP contribution in [0.15, 0.2) is 49.2 Å². The highest BCUT2D eigenvalue weighted by Crippen LogP contribution is 2.35. The van der Waals surface area contributed by atoms with Crippen LogP contribution >= 0.6 is 11.6 Å². The van der Waals surface area contributed by atoms with Gasteiger partial charge in [-0.15, -0.1) is 0 Å². The zero-order valence-corrected chi connectivity index (χ0v) is 13.8. The van der Waals surface area contributed by atoms with Crippen molar-refractivity contribution in [1.82, 2.24) is 14.5 Å². The maximum absolute atomic E-state index is 12.7. The second kappa shape index (κ2) is 7.06. The SMILES string of the molecule is N#Cc1ccc(Cn2ccnc2)cc1Oc1ncc(C(F)(F)F)cc1Cl. The second-order valence-electron chi connectivity index (χ2n) is 5.29. The molecule has 5 nitrogen and oxygen atoms in total. The fourth-order valence-corrected chi connectivity index (χ4v) is 2.40. The third-order valence-corrected chi connectivity index (χ3v) is 3.70. The Morgan fingerprint density at radius 2 is 2.08 bits per heavy atom. The van der Waals surface area contributed by atoms with Crippen LogP contribution < -0.4 is 4.74 Å². The highest BCUT2D eigenvalue weighted by molar-refractivity contribution is 6.31. The monoisotopic (exact) mass is 378 g/mol. The number of nitrogens with zero attached hydrogens (tertiary/aromatic N) is 4. The zero-order valence-electron chi connectivity index (χ0n) is 13.0. The summed E-state index contributed by atoms with van der Waals surface area (Å²) < 4.78 is 45.4.